The first kappa shape index (κ1) is 13.4. The smallest absolute Gasteiger partial charge is 0.237 e. The predicted molar refractivity (Wildman–Crippen MR) is 75.9 cm³/mol. The van der Waals surface area contributed by atoms with Gasteiger partial charge in [-0.05, 0) is 57.0 Å². The average Bonchev–Trinajstić information content (AvgIpc) is 3.16. The zero-order chi connectivity index (χ0) is 13.2. The molecule has 1 amide bonds. The fourth-order valence-corrected chi connectivity index (χ4v) is 3.56. The maximum Gasteiger partial charge on any atom is 0.237 e. The number of carbonyl (C=O) groups excluding carboxylic acids is 1. The maximum absolute atomic E-state index is 12.2. The van der Waals surface area contributed by atoms with Crippen LogP contribution in [0.25, 0.3) is 0 Å². The largest absolute Gasteiger partial charge is 0.354 e. The molecular formula is C15H27N3O. The van der Waals surface area contributed by atoms with Crippen LogP contribution in [-0.4, -0.2) is 49.1 Å². The fourth-order valence-electron chi connectivity index (χ4n) is 3.56. The summed E-state index contributed by atoms with van der Waals surface area (Å²) >= 11 is 0. The molecule has 3 aliphatic rings. The SMILES string of the molecule is CC1CCCNC1C(=O)NCC1CCN(C2CC2)C1. The maximum atomic E-state index is 12.2. The van der Waals surface area contributed by atoms with Gasteiger partial charge in [0.2, 0.25) is 5.91 Å². The summed E-state index contributed by atoms with van der Waals surface area (Å²) in [4.78, 5) is 14.8. The molecule has 1 saturated carbocycles. The lowest BCUT2D eigenvalue weighted by Gasteiger charge is -2.29. The van der Waals surface area contributed by atoms with E-state index in [0.717, 1.165) is 19.1 Å². The van der Waals surface area contributed by atoms with Gasteiger partial charge in [0, 0.05) is 19.1 Å². The summed E-state index contributed by atoms with van der Waals surface area (Å²) in [5.41, 5.74) is 0. The van der Waals surface area contributed by atoms with Crippen molar-refractivity contribution in [2.75, 3.05) is 26.2 Å². The Morgan fingerprint density at radius 3 is 2.89 bits per heavy atom. The molecule has 0 spiro atoms. The molecule has 0 bridgehead atoms. The Hall–Kier alpha value is -0.610. The number of rotatable bonds is 4. The van der Waals surface area contributed by atoms with Crippen LogP contribution in [0.3, 0.4) is 0 Å². The zero-order valence-electron chi connectivity index (χ0n) is 12.0. The van der Waals surface area contributed by atoms with Crippen molar-refractivity contribution in [3.05, 3.63) is 0 Å². The number of nitrogens with one attached hydrogen (secondary N) is 2. The molecule has 2 heterocycles. The third kappa shape index (κ3) is 3.29. The molecule has 2 N–H and O–H groups in total. The normalized spacial score (nSPS) is 36.4. The summed E-state index contributed by atoms with van der Waals surface area (Å²) in [6, 6.07) is 0.912. The van der Waals surface area contributed by atoms with Crippen molar-refractivity contribution in [2.24, 2.45) is 11.8 Å². The van der Waals surface area contributed by atoms with E-state index in [0.29, 0.717) is 11.8 Å². The molecule has 0 aromatic rings. The first-order chi connectivity index (χ1) is 9.24. The second kappa shape index (κ2) is 5.80. The summed E-state index contributed by atoms with van der Waals surface area (Å²) < 4.78 is 0. The quantitative estimate of drug-likeness (QED) is 0.796. The second-order valence-corrected chi connectivity index (χ2v) is 6.68. The van der Waals surface area contributed by atoms with Crippen LogP contribution in [0.2, 0.25) is 0 Å². The number of hydrogen-bond donors (Lipinski definition) is 2. The van der Waals surface area contributed by atoms with Crippen molar-refractivity contribution in [1.29, 1.82) is 0 Å². The number of carbonyl (C=O) groups is 1. The second-order valence-electron chi connectivity index (χ2n) is 6.68. The van der Waals surface area contributed by atoms with Crippen LogP contribution in [0.5, 0.6) is 0 Å². The summed E-state index contributed by atoms with van der Waals surface area (Å²) in [5, 5.41) is 6.54. The molecule has 3 atom stereocenters. The Labute approximate surface area is 116 Å². The number of hydrogen-bond acceptors (Lipinski definition) is 3. The van der Waals surface area contributed by atoms with Gasteiger partial charge in [0.1, 0.15) is 0 Å². The lowest BCUT2D eigenvalue weighted by molar-refractivity contribution is -0.125. The van der Waals surface area contributed by atoms with Crippen LogP contribution in [0.1, 0.15) is 39.0 Å². The molecule has 2 aliphatic heterocycles. The van der Waals surface area contributed by atoms with Gasteiger partial charge in [-0.15, -0.1) is 0 Å². The molecule has 4 nitrogen and oxygen atoms in total. The predicted octanol–water partition coefficient (Wildman–Crippen LogP) is 0.975. The van der Waals surface area contributed by atoms with Crippen LogP contribution in [0, 0.1) is 11.8 Å². The lowest BCUT2D eigenvalue weighted by Crippen LogP contribution is -2.51. The summed E-state index contributed by atoms with van der Waals surface area (Å²) in [7, 11) is 0. The first-order valence-corrected chi connectivity index (χ1v) is 7.99. The fraction of sp³-hybridized carbons (Fsp3) is 0.933. The minimum atomic E-state index is 0.0367. The molecule has 3 unspecified atom stereocenters. The van der Waals surface area contributed by atoms with Gasteiger partial charge in [-0.1, -0.05) is 6.92 Å². The van der Waals surface area contributed by atoms with Gasteiger partial charge in [-0.25, -0.2) is 0 Å². The highest BCUT2D eigenvalue weighted by Crippen LogP contribution is 2.31. The molecular weight excluding hydrogens is 238 g/mol. The van der Waals surface area contributed by atoms with Crippen LogP contribution in [-0.2, 0) is 4.79 Å². The third-order valence-electron chi connectivity index (χ3n) is 5.00. The van der Waals surface area contributed by atoms with Gasteiger partial charge in [0.15, 0.2) is 0 Å². The first-order valence-electron chi connectivity index (χ1n) is 7.99. The van der Waals surface area contributed by atoms with Gasteiger partial charge in [0.05, 0.1) is 6.04 Å². The van der Waals surface area contributed by atoms with Gasteiger partial charge in [-0.3, -0.25) is 4.79 Å². The Balaban J connectivity index is 1.40. The number of piperidine rings is 1. The minimum Gasteiger partial charge on any atom is -0.354 e. The van der Waals surface area contributed by atoms with E-state index in [1.54, 1.807) is 0 Å². The van der Waals surface area contributed by atoms with E-state index in [1.807, 2.05) is 0 Å². The molecule has 0 aromatic carbocycles. The molecule has 0 aromatic heterocycles. The number of amides is 1. The lowest BCUT2D eigenvalue weighted by atomic mass is 9.92. The van der Waals surface area contributed by atoms with E-state index < -0.39 is 0 Å². The molecule has 19 heavy (non-hydrogen) atoms. The minimum absolute atomic E-state index is 0.0367. The van der Waals surface area contributed by atoms with E-state index in [2.05, 4.69) is 22.5 Å². The van der Waals surface area contributed by atoms with E-state index >= 15 is 0 Å². The summed E-state index contributed by atoms with van der Waals surface area (Å²) in [6.07, 6.45) is 6.41. The topological polar surface area (TPSA) is 44.4 Å². The Morgan fingerprint density at radius 1 is 1.32 bits per heavy atom. The highest BCUT2D eigenvalue weighted by atomic mass is 16.2. The standard InChI is InChI=1S/C15H27N3O/c1-11-3-2-7-16-14(11)15(19)17-9-12-6-8-18(10-12)13-4-5-13/h11-14,16H,2-10H2,1H3,(H,17,19). The summed E-state index contributed by atoms with van der Waals surface area (Å²) in [5.74, 6) is 1.36. The molecule has 2 saturated heterocycles. The molecule has 0 radical (unpaired) electrons. The van der Waals surface area contributed by atoms with Crippen LogP contribution >= 0.6 is 0 Å². The van der Waals surface area contributed by atoms with Crippen molar-refractivity contribution in [1.82, 2.24) is 15.5 Å². The zero-order valence-corrected chi connectivity index (χ0v) is 12.0. The monoisotopic (exact) mass is 265 g/mol. The van der Waals surface area contributed by atoms with Gasteiger partial charge >= 0.3 is 0 Å². The molecule has 3 rings (SSSR count). The van der Waals surface area contributed by atoms with Gasteiger partial charge in [-0.2, -0.15) is 0 Å². The van der Waals surface area contributed by atoms with E-state index in [-0.39, 0.29) is 11.9 Å². The Morgan fingerprint density at radius 2 is 2.16 bits per heavy atom. The Bertz CT molecular complexity index is 329. The van der Waals surface area contributed by atoms with E-state index in [9.17, 15) is 4.79 Å². The number of nitrogens with zero attached hydrogens (tertiary/aromatic N) is 1. The third-order valence-corrected chi connectivity index (χ3v) is 5.00. The average molecular weight is 265 g/mol. The van der Waals surface area contributed by atoms with Crippen molar-refractivity contribution in [3.63, 3.8) is 0 Å². The van der Waals surface area contributed by atoms with Gasteiger partial charge in [0.25, 0.3) is 0 Å². The van der Waals surface area contributed by atoms with E-state index in [1.165, 1.54) is 45.2 Å². The molecule has 4 heteroatoms. The van der Waals surface area contributed by atoms with E-state index in [4.69, 9.17) is 0 Å². The van der Waals surface area contributed by atoms with Crippen molar-refractivity contribution >= 4 is 5.91 Å². The molecule has 108 valence electrons. The van der Waals surface area contributed by atoms with Crippen LogP contribution in [0.15, 0.2) is 0 Å². The van der Waals surface area contributed by atoms with Crippen molar-refractivity contribution in [3.8, 4) is 0 Å². The van der Waals surface area contributed by atoms with Crippen molar-refractivity contribution in [2.45, 2.75) is 51.1 Å². The van der Waals surface area contributed by atoms with Gasteiger partial charge < -0.3 is 15.5 Å². The number of likely N-dealkylation sites (tertiary alicyclic amines) is 1. The highest BCUT2D eigenvalue weighted by Gasteiger charge is 2.34. The summed E-state index contributed by atoms with van der Waals surface area (Å²) in [6.45, 7) is 6.47. The molecule has 1 aliphatic carbocycles. The van der Waals surface area contributed by atoms with Crippen molar-refractivity contribution < 1.29 is 4.79 Å². The Kier molecular flexibility index (Phi) is 4.08. The van der Waals surface area contributed by atoms with Crippen LogP contribution < -0.4 is 10.6 Å². The highest BCUT2D eigenvalue weighted by molar-refractivity contribution is 5.82. The van der Waals surface area contributed by atoms with Crippen LogP contribution in [0.4, 0.5) is 0 Å². The molecule has 3 fully saturated rings.